The fourth-order valence-corrected chi connectivity index (χ4v) is 1.81. The minimum atomic E-state index is -0.918. The quantitative estimate of drug-likeness (QED) is 0.672. The topological polar surface area (TPSA) is 64.4 Å². The summed E-state index contributed by atoms with van der Waals surface area (Å²) in [4.78, 5) is 10.1. The van der Waals surface area contributed by atoms with E-state index in [1.54, 1.807) is 18.2 Å². The molecular weight excluding hydrogens is 263 g/mol. The van der Waals surface area contributed by atoms with Crippen LogP contribution in [0, 0.1) is 15.9 Å². The van der Waals surface area contributed by atoms with Crippen molar-refractivity contribution in [3.05, 3.63) is 64.0 Å². The third-order valence-corrected chi connectivity index (χ3v) is 2.64. The van der Waals surface area contributed by atoms with Gasteiger partial charge in [-0.25, -0.2) is 0 Å². The van der Waals surface area contributed by atoms with Gasteiger partial charge >= 0.3 is 5.69 Å². The standard InChI is InChI=1S/C14H13FN2O3/c1-16-9-10-4-2-5-11(8-10)20-13-7-3-6-12(15)14(13)17(18)19/h2-8,16H,9H2,1H3. The molecule has 0 aliphatic rings. The van der Waals surface area contributed by atoms with Crippen molar-refractivity contribution in [2.24, 2.45) is 0 Å². The van der Waals surface area contributed by atoms with E-state index < -0.39 is 16.4 Å². The van der Waals surface area contributed by atoms with E-state index in [9.17, 15) is 14.5 Å². The van der Waals surface area contributed by atoms with Crippen LogP contribution in [-0.2, 0) is 6.54 Å². The Kier molecular flexibility index (Phi) is 4.27. The van der Waals surface area contributed by atoms with Crippen LogP contribution in [0.2, 0.25) is 0 Å². The molecule has 0 aliphatic heterocycles. The maximum Gasteiger partial charge on any atom is 0.346 e. The molecule has 0 atom stereocenters. The van der Waals surface area contributed by atoms with Gasteiger partial charge in [0.15, 0.2) is 0 Å². The summed E-state index contributed by atoms with van der Waals surface area (Å²) in [6.07, 6.45) is 0. The number of rotatable bonds is 5. The van der Waals surface area contributed by atoms with Crippen LogP contribution in [0.25, 0.3) is 0 Å². The summed E-state index contributed by atoms with van der Waals surface area (Å²) >= 11 is 0. The van der Waals surface area contributed by atoms with Crippen LogP contribution in [0.5, 0.6) is 11.5 Å². The Morgan fingerprint density at radius 3 is 2.75 bits per heavy atom. The van der Waals surface area contributed by atoms with E-state index in [2.05, 4.69) is 5.32 Å². The SMILES string of the molecule is CNCc1cccc(Oc2cccc(F)c2[N+](=O)[O-])c1. The molecule has 2 aromatic rings. The first-order valence-electron chi connectivity index (χ1n) is 5.96. The first kappa shape index (κ1) is 14.0. The highest BCUT2D eigenvalue weighted by atomic mass is 19.1. The molecule has 0 aromatic heterocycles. The summed E-state index contributed by atoms with van der Waals surface area (Å²) < 4.78 is 18.9. The number of para-hydroxylation sites is 1. The predicted molar refractivity (Wildman–Crippen MR) is 72.3 cm³/mol. The first-order valence-corrected chi connectivity index (χ1v) is 5.96. The van der Waals surface area contributed by atoms with E-state index >= 15 is 0 Å². The van der Waals surface area contributed by atoms with Gasteiger partial charge in [0.05, 0.1) is 4.92 Å². The van der Waals surface area contributed by atoms with E-state index in [4.69, 9.17) is 4.74 Å². The van der Waals surface area contributed by atoms with Crippen LogP contribution in [-0.4, -0.2) is 12.0 Å². The summed E-state index contributed by atoms with van der Waals surface area (Å²) in [5.74, 6) is -0.609. The fraction of sp³-hybridized carbons (Fsp3) is 0.143. The lowest BCUT2D eigenvalue weighted by Crippen LogP contribution is -2.04. The molecule has 2 rings (SSSR count). The average Bonchev–Trinajstić information content (AvgIpc) is 2.39. The second-order valence-electron chi connectivity index (χ2n) is 4.12. The second kappa shape index (κ2) is 6.12. The normalized spacial score (nSPS) is 10.3. The molecule has 0 heterocycles. The highest BCUT2D eigenvalue weighted by molar-refractivity contribution is 5.49. The van der Waals surface area contributed by atoms with Gasteiger partial charge in [0, 0.05) is 6.54 Å². The molecule has 20 heavy (non-hydrogen) atoms. The van der Waals surface area contributed by atoms with Gasteiger partial charge in [0.1, 0.15) is 5.75 Å². The number of nitrogens with one attached hydrogen (secondary N) is 1. The number of halogens is 1. The lowest BCUT2D eigenvalue weighted by Gasteiger charge is -2.08. The van der Waals surface area contributed by atoms with E-state index in [-0.39, 0.29) is 5.75 Å². The van der Waals surface area contributed by atoms with Crippen LogP contribution in [0.3, 0.4) is 0 Å². The molecule has 0 saturated heterocycles. The Morgan fingerprint density at radius 1 is 1.30 bits per heavy atom. The van der Waals surface area contributed by atoms with Crippen LogP contribution in [0.15, 0.2) is 42.5 Å². The average molecular weight is 276 g/mol. The Balaban J connectivity index is 2.32. The molecule has 0 saturated carbocycles. The van der Waals surface area contributed by atoms with Crippen molar-refractivity contribution < 1.29 is 14.1 Å². The number of nitro benzene ring substituents is 1. The Labute approximate surface area is 115 Å². The number of ether oxygens (including phenoxy) is 1. The lowest BCUT2D eigenvalue weighted by molar-refractivity contribution is -0.388. The summed E-state index contributed by atoms with van der Waals surface area (Å²) in [5, 5.41) is 13.9. The summed E-state index contributed by atoms with van der Waals surface area (Å²) in [6.45, 7) is 0.641. The molecule has 0 bridgehead atoms. The van der Waals surface area contributed by atoms with Crippen molar-refractivity contribution in [2.45, 2.75) is 6.54 Å². The van der Waals surface area contributed by atoms with Gasteiger partial charge in [-0.1, -0.05) is 18.2 Å². The molecular formula is C14H13FN2O3. The zero-order valence-corrected chi connectivity index (χ0v) is 10.8. The van der Waals surface area contributed by atoms with Crippen LogP contribution >= 0.6 is 0 Å². The zero-order valence-electron chi connectivity index (χ0n) is 10.8. The van der Waals surface area contributed by atoms with Gasteiger partial charge < -0.3 is 10.1 Å². The molecule has 5 nitrogen and oxygen atoms in total. The molecule has 2 aromatic carbocycles. The van der Waals surface area contributed by atoms with Crippen LogP contribution < -0.4 is 10.1 Å². The van der Waals surface area contributed by atoms with Crippen molar-refractivity contribution in [3.8, 4) is 11.5 Å². The minimum Gasteiger partial charge on any atom is -0.450 e. The third-order valence-electron chi connectivity index (χ3n) is 2.64. The first-order chi connectivity index (χ1) is 9.61. The highest BCUT2D eigenvalue weighted by Gasteiger charge is 2.21. The molecule has 0 aliphatic carbocycles. The van der Waals surface area contributed by atoms with E-state index in [0.29, 0.717) is 12.3 Å². The maximum absolute atomic E-state index is 13.5. The smallest absolute Gasteiger partial charge is 0.346 e. The molecule has 0 spiro atoms. The zero-order chi connectivity index (χ0) is 14.5. The van der Waals surface area contributed by atoms with E-state index in [0.717, 1.165) is 11.6 Å². The van der Waals surface area contributed by atoms with Crippen LogP contribution in [0.4, 0.5) is 10.1 Å². The molecule has 6 heteroatoms. The lowest BCUT2D eigenvalue weighted by atomic mass is 10.2. The van der Waals surface area contributed by atoms with E-state index in [1.807, 2.05) is 13.1 Å². The molecule has 104 valence electrons. The number of benzene rings is 2. The Hall–Kier alpha value is -2.47. The van der Waals surface area contributed by atoms with Crippen molar-refractivity contribution in [1.82, 2.24) is 5.32 Å². The van der Waals surface area contributed by atoms with Crippen molar-refractivity contribution >= 4 is 5.69 Å². The number of hydrogen-bond donors (Lipinski definition) is 1. The second-order valence-corrected chi connectivity index (χ2v) is 4.12. The summed E-state index contributed by atoms with van der Waals surface area (Å²) in [5.41, 5.74) is 0.301. The van der Waals surface area contributed by atoms with Crippen molar-refractivity contribution in [2.75, 3.05) is 7.05 Å². The maximum atomic E-state index is 13.5. The van der Waals surface area contributed by atoms with Gasteiger partial charge in [-0.05, 0) is 36.9 Å². The molecule has 1 N–H and O–H groups in total. The van der Waals surface area contributed by atoms with Gasteiger partial charge in [0.2, 0.25) is 11.6 Å². The Bertz CT molecular complexity index is 632. The van der Waals surface area contributed by atoms with Gasteiger partial charge in [-0.3, -0.25) is 10.1 Å². The summed E-state index contributed by atoms with van der Waals surface area (Å²) in [7, 11) is 1.81. The number of nitrogens with zero attached hydrogens (tertiary/aromatic N) is 1. The Morgan fingerprint density at radius 2 is 2.05 bits per heavy atom. The largest absolute Gasteiger partial charge is 0.450 e. The van der Waals surface area contributed by atoms with Gasteiger partial charge in [-0.15, -0.1) is 0 Å². The minimum absolute atomic E-state index is 0.114. The highest BCUT2D eigenvalue weighted by Crippen LogP contribution is 2.33. The third kappa shape index (κ3) is 3.10. The molecule has 0 radical (unpaired) electrons. The van der Waals surface area contributed by atoms with Crippen molar-refractivity contribution in [3.63, 3.8) is 0 Å². The monoisotopic (exact) mass is 276 g/mol. The van der Waals surface area contributed by atoms with Gasteiger partial charge in [0.25, 0.3) is 0 Å². The molecule has 0 unspecified atom stereocenters. The molecule has 0 fully saturated rings. The number of nitro groups is 1. The van der Waals surface area contributed by atoms with Crippen LogP contribution in [0.1, 0.15) is 5.56 Å². The fourth-order valence-electron chi connectivity index (χ4n) is 1.81. The van der Waals surface area contributed by atoms with Crippen molar-refractivity contribution in [1.29, 1.82) is 0 Å². The van der Waals surface area contributed by atoms with Gasteiger partial charge in [-0.2, -0.15) is 4.39 Å². The number of hydrogen-bond acceptors (Lipinski definition) is 4. The van der Waals surface area contributed by atoms with E-state index in [1.165, 1.54) is 12.1 Å². The summed E-state index contributed by atoms with van der Waals surface area (Å²) in [6, 6.07) is 10.8. The predicted octanol–water partition coefficient (Wildman–Crippen LogP) is 3.25. The molecule has 0 amide bonds.